The largest absolute Gasteiger partial charge is 0.486 e. The van der Waals surface area contributed by atoms with Gasteiger partial charge in [-0.1, -0.05) is 64.8 Å². The lowest BCUT2D eigenvalue weighted by atomic mass is 9.79. The fourth-order valence-corrected chi connectivity index (χ4v) is 21.0. The summed E-state index contributed by atoms with van der Waals surface area (Å²) in [5.41, 5.74) is -4.35. The first-order valence-corrected chi connectivity index (χ1v) is 44.3. The number of esters is 2. The van der Waals surface area contributed by atoms with Crippen molar-refractivity contribution in [1.82, 2.24) is 29.2 Å². The van der Waals surface area contributed by atoms with Crippen LogP contribution in [0.5, 0.6) is 34.8 Å². The number of Topliss-reactive ketones (excluding diaryl/α,β-unsaturated/α-hetero) is 2. The summed E-state index contributed by atoms with van der Waals surface area (Å²) in [6.07, 6.45) is 14.9. The van der Waals surface area contributed by atoms with Crippen molar-refractivity contribution in [1.29, 1.82) is 0 Å². The minimum Gasteiger partial charge on any atom is -0.486 e. The van der Waals surface area contributed by atoms with E-state index >= 15 is 9.59 Å². The highest BCUT2D eigenvalue weighted by Gasteiger charge is 2.66. The Labute approximate surface area is 677 Å². The number of sulfonamides is 2. The van der Waals surface area contributed by atoms with E-state index in [2.05, 4.69) is 33.3 Å². The fourth-order valence-electron chi connectivity index (χ4n) is 18.1. The number of fused-ring (bicyclic) bond motifs is 10. The maximum atomic E-state index is 15.1. The third-order valence-electron chi connectivity index (χ3n) is 25.3. The Morgan fingerprint density at radius 3 is 1.28 bits per heavy atom. The fraction of sp³-hybridized carbons (Fsp3) is 0.651. The molecule has 6 fully saturated rings. The van der Waals surface area contributed by atoms with Gasteiger partial charge in [-0.2, -0.15) is 0 Å². The van der Waals surface area contributed by atoms with Crippen molar-refractivity contribution in [2.24, 2.45) is 58.2 Å². The zero-order valence-corrected chi connectivity index (χ0v) is 69.8. The van der Waals surface area contributed by atoms with Crippen molar-refractivity contribution in [2.45, 2.75) is 243 Å². The quantitative estimate of drug-likeness (QED) is 0.0690. The Hall–Kier alpha value is -8.54. The molecule has 632 valence electrons. The molecule has 2 aromatic carbocycles. The molecule has 4 amide bonds. The number of aromatic nitrogens is 2. The number of pyridine rings is 2. The van der Waals surface area contributed by atoms with E-state index < -0.39 is 148 Å². The van der Waals surface area contributed by atoms with Gasteiger partial charge in [0.05, 0.1) is 60.7 Å². The van der Waals surface area contributed by atoms with Crippen LogP contribution in [0.3, 0.4) is 0 Å². The third kappa shape index (κ3) is 18.2. The van der Waals surface area contributed by atoms with E-state index in [1.165, 1.54) is 9.80 Å². The van der Waals surface area contributed by atoms with E-state index in [9.17, 15) is 54.4 Å². The number of alkyl halides is 2. The second kappa shape index (κ2) is 33.7. The molecule has 2 saturated heterocycles. The predicted molar refractivity (Wildman–Crippen MR) is 425 cm³/mol. The molecule has 2 N–H and O–H groups in total. The van der Waals surface area contributed by atoms with E-state index in [1.54, 1.807) is 78.2 Å². The molecule has 8 heterocycles. The topological polar surface area (TPSA) is 335 Å². The molecular formula is C86H112F2N6O20S2. The SMILES string of the molecule is CC[C@@H]1C[C@@H](C)CC/C=C\[C@@H]2C[C@@]2(C(=O)NS(=O)(=O)C2(CF)CC2)CC(=O)[C@@H]2C[C@@H](Oc3nccc4c5c(ccc34)OCCO5)CN2C(=O)[C@H]1CC(=O)OC(C)(C)C.CC[C@@H]1C[C@H](C)CC/C=C\[C@@H]2C[C@@]2(C(=O)NS(=O)(=O)C2(CF)CC2)CC(=O)[C@@H]2C[C@@H](Oc3nccc4c5c(ccc34)OCCO5)CN2C(=O)[C@H]1CC(=O)OC(C)(C)C. The number of halogens is 2. The van der Waals surface area contributed by atoms with Gasteiger partial charge < -0.3 is 47.7 Å². The van der Waals surface area contributed by atoms with Gasteiger partial charge in [0, 0.05) is 59.6 Å². The van der Waals surface area contributed by atoms with Crippen LogP contribution < -0.4 is 37.9 Å². The molecule has 4 aliphatic carbocycles. The second-order valence-corrected chi connectivity index (χ2v) is 40.3. The number of nitrogens with zero attached hydrogens (tertiary/aromatic N) is 4. The molecule has 4 aromatic rings. The van der Waals surface area contributed by atoms with Gasteiger partial charge in [0.15, 0.2) is 34.6 Å². The normalized spacial score (nSPS) is 30.3. The van der Waals surface area contributed by atoms with Crippen molar-refractivity contribution in [2.75, 3.05) is 52.9 Å². The highest BCUT2D eigenvalue weighted by atomic mass is 32.2. The molecular weight excluding hydrogens is 1540 g/mol. The number of rotatable bonds is 18. The smallest absolute Gasteiger partial charge is 0.307 e. The van der Waals surface area contributed by atoms with Crippen molar-refractivity contribution in [3.63, 3.8) is 0 Å². The van der Waals surface area contributed by atoms with Crippen LogP contribution in [0.1, 0.15) is 198 Å². The number of ketones is 2. The van der Waals surface area contributed by atoms with Gasteiger partial charge in [-0.05, 0) is 190 Å². The summed E-state index contributed by atoms with van der Waals surface area (Å²) in [7, 11) is -8.69. The Kier molecular flexibility index (Phi) is 24.8. The lowest BCUT2D eigenvalue weighted by Crippen LogP contribution is -2.48. The van der Waals surface area contributed by atoms with E-state index in [0.717, 1.165) is 23.6 Å². The zero-order chi connectivity index (χ0) is 83.2. The number of allylic oxidation sites excluding steroid dienone is 4. The first kappa shape index (κ1) is 85.3. The number of nitrogens with one attached hydrogen (secondary N) is 2. The molecule has 0 spiro atoms. The lowest BCUT2D eigenvalue weighted by molar-refractivity contribution is -0.160. The average Bonchev–Trinajstić information content (AvgIpc) is 1.56. The number of amides is 4. The van der Waals surface area contributed by atoms with E-state index in [-0.39, 0.29) is 137 Å². The van der Waals surface area contributed by atoms with Crippen molar-refractivity contribution < 1.29 is 102 Å². The Bertz CT molecular complexity index is 4460. The van der Waals surface area contributed by atoms with Crippen LogP contribution in [0.15, 0.2) is 73.1 Å². The van der Waals surface area contributed by atoms with Crippen molar-refractivity contribution in [3.05, 3.63) is 73.1 Å². The van der Waals surface area contributed by atoms with Crippen LogP contribution in [0.25, 0.3) is 21.5 Å². The second-order valence-electron chi connectivity index (χ2n) is 36.1. The highest BCUT2D eigenvalue weighted by Crippen LogP contribution is 2.60. The number of ether oxygens (including phenoxy) is 8. The molecule has 4 saturated carbocycles. The maximum Gasteiger partial charge on any atom is 0.307 e. The van der Waals surface area contributed by atoms with Crippen LogP contribution in [0.2, 0.25) is 0 Å². The minimum atomic E-state index is -4.35. The molecule has 0 bridgehead atoms. The molecule has 0 radical (unpaired) electrons. The van der Waals surface area contributed by atoms with Crippen LogP contribution >= 0.6 is 0 Å². The van der Waals surface area contributed by atoms with Crippen LogP contribution in [0.4, 0.5) is 8.78 Å². The van der Waals surface area contributed by atoms with Crippen LogP contribution in [-0.4, -0.2) is 182 Å². The number of hydrogen-bond acceptors (Lipinski definition) is 22. The monoisotopic (exact) mass is 1650 g/mol. The predicted octanol–water partition coefficient (Wildman–Crippen LogP) is 12.0. The molecule has 26 nitrogen and oxygen atoms in total. The number of benzene rings is 2. The van der Waals surface area contributed by atoms with Gasteiger partial charge in [0.1, 0.15) is 72.7 Å². The maximum absolute atomic E-state index is 15.1. The average molecular weight is 1650 g/mol. The van der Waals surface area contributed by atoms with Gasteiger partial charge in [0.2, 0.25) is 55.4 Å². The summed E-state index contributed by atoms with van der Waals surface area (Å²) < 4.78 is 130. The number of hydrogen-bond donors (Lipinski definition) is 2. The first-order chi connectivity index (χ1) is 55.0. The van der Waals surface area contributed by atoms with Gasteiger partial charge in [0.25, 0.3) is 0 Å². The Morgan fingerprint density at radius 2 is 0.922 bits per heavy atom. The highest BCUT2D eigenvalue weighted by molar-refractivity contribution is 7.92. The molecule has 10 aliphatic rings. The molecule has 14 atom stereocenters. The molecule has 6 aliphatic heterocycles. The first-order valence-electron chi connectivity index (χ1n) is 41.4. The van der Waals surface area contributed by atoms with Crippen LogP contribution in [0, 0.1) is 58.2 Å². The van der Waals surface area contributed by atoms with Gasteiger partial charge in [-0.3, -0.25) is 47.8 Å². The summed E-state index contributed by atoms with van der Waals surface area (Å²) in [6.45, 7) is 18.3. The molecule has 14 rings (SSSR count). The molecule has 116 heavy (non-hydrogen) atoms. The van der Waals surface area contributed by atoms with Crippen LogP contribution in [-0.2, 0) is 67.9 Å². The minimum absolute atomic E-state index is 0.00456. The number of carbonyl (C=O) groups excluding carboxylic acids is 8. The Balaban J connectivity index is 0.000000202. The van der Waals surface area contributed by atoms with E-state index in [4.69, 9.17) is 37.9 Å². The molecule has 30 heteroatoms. The summed E-state index contributed by atoms with van der Waals surface area (Å²) in [4.78, 5) is 127. The van der Waals surface area contributed by atoms with Gasteiger partial charge >= 0.3 is 11.9 Å². The lowest BCUT2D eigenvalue weighted by Gasteiger charge is -2.33. The zero-order valence-electron chi connectivity index (χ0n) is 68.2. The summed E-state index contributed by atoms with van der Waals surface area (Å²) in [5.74, 6) is -3.89. The van der Waals surface area contributed by atoms with Gasteiger partial charge in [-0.25, -0.2) is 35.6 Å². The van der Waals surface area contributed by atoms with E-state index in [0.29, 0.717) is 98.7 Å². The number of carbonyl (C=O) groups is 8. The summed E-state index contributed by atoms with van der Waals surface area (Å²) in [5, 5.41) is 2.78. The van der Waals surface area contributed by atoms with E-state index in [1.807, 2.05) is 50.3 Å². The Morgan fingerprint density at radius 1 is 0.543 bits per heavy atom. The van der Waals surface area contributed by atoms with Crippen molar-refractivity contribution >= 4 is 88.7 Å². The standard InChI is InChI=1S/2C43H56FN3O10S/c2*1-6-27-19-26(2)9-7-8-10-28-22-43(28,40(51)46-58(52,53)42(25-44)14-15-42)23-34(48)33-20-29(24-47(33)39(50)32(27)21-36(49)57-41(3,4)5)56-38-31-11-12-35-37(55-18-17-54-35)30(31)13-16-45-38/h2*8,10-13,16,26-29,32-33H,6-7,9,14-15,17-25H2,1-5H3,(H,46,51)/b2*10-8-/t26-,27+,28+,29+,32-,33-,43+;26-,27-,28-,29-,32+,33+,43-/m01/s1. The summed E-state index contributed by atoms with van der Waals surface area (Å²) in [6, 6.07) is 8.73. The third-order valence-corrected chi connectivity index (χ3v) is 29.5. The molecule has 0 unspecified atom stereocenters. The van der Waals surface area contributed by atoms with Crippen molar-refractivity contribution in [3.8, 4) is 34.8 Å². The van der Waals surface area contributed by atoms with Gasteiger partial charge in [-0.15, -0.1) is 0 Å². The molecule has 2 aromatic heterocycles. The summed E-state index contributed by atoms with van der Waals surface area (Å²) >= 11 is 0.